The Morgan fingerprint density at radius 1 is 1.03 bits per heavy atom. The Kier molecular flexibility index (Phi) is 5.44. The van der Waals surface area contributed by atoms with E-state index in [9.17, 15) is 17.6 Å². The molecule has 1 heterocycles. The lowest BCUT2D eigenvalue weighted by atomic mass is 10.1. The third-order valence-electron chi connectivity index (χ3n) is 6.33. The van der Waals surface area contributed by atoms with Crippen LogP contribution >= 0.6 is 0 Å². The summed E-state index contributed by atoms with van der Waals surface area (Å²) in [6, 6.07) is 19.9. The van der Waals surface area contributed by atoms with Crippen LogP contribution < -0.4 is 4.31 Å². The van der Waals surface area contributed by atoms with Crippen LogP contribution in [-0.4, -0.2) is 31.3 Å². The maximum Gasteiger partial charge on any atom is 0.264 e. The van der Waals surface area contributed by atoms with Crippen LogP contribution in [0.2, 0.25) is 0 Å². The maximum atomic E-state index is 14.2. The van der Waals surface area contributed by atoms with Gasteiger partial charge in [0.2, 0.25) is 0 Å². The number of hydrogen-bond acceptors (Lipinski definition) is 3. The predicted molar refractivity (Wildman–Crippen MR) is 125 cm³/mol. The van der Waals surface area contributed by atoms with Crippen molar-refractivity contribution in [1.82, 2.24) is 4.90 Å². The molecule has 5 nitrogen and oxygen atoms in total. The molecule has 1 fully saturated rings. The fourth-order valence-electron chi connectivity index (χ4n) is 4.54. The van der Waals surface area contributed by atoms with E-state index in [1.807, 2.05) is 31.2 Å². The van der Waals surface area contributed by atoms with Gasteiger partial charge in [-0.2, -0.15) is 0 Å². The summed E-state index contributed by atoms with van der Waals surface area (Å²) in [7, 11) is -3.85. The normalized spacial score (nSPS) is 17.6. The second-order valence-corrected chi connectivity index (χ2v) is 10.6. The molecule has 3 aromatic carbocycles. The highest BCUT2D eigenvalue weighted by molar-refractivity contribution is 7.92. The van der Waals surface area contributed by atoms with Crippen LogP contribution in [0.3, 0.4) is 0 Å². The zero-order valence-corrected chi connectivity index (χ0v) is 19.1. The number of fused-ring (bicyclic) bond motifs is 1. The highest BCUT2D eigenvalue weighted by Gasteiger charge is 2.37. The average molecular weight is 465 g/mol. The van der Waals surface area contributed by atoms with E-state index in [1.165, 1.54) is 22.5 Å². The topological polar surface area (TPSA) is 57.7 Å². The van der Waals surface area contributed by atoms with Gasteiger partial charge in [-0.05, 0) is 62.1 Å². The molecule has 0 N–H and O–H groups in total. The molecule has 1 atom stereocenters. The van der Waals surface area contributed by atoms with Crippen LogP contribution in [0.15, 0.2) is 77.7 Å². The highest BCUT2D eigenvalue weighted by Crippen LogP contribution is 2.37. The average Bonchev–Trinajstić information content (AvgIpc) is 3.59. The SMILES string of the molecule is CC1Cc2ccccc2N1S(=O)(=O)c1cccc(C(=O)N(Cc2ccccc2F)C2CC2)c1. The number of benzene rings is 3. The molecule has 1 aliphatic heterocycles. The number of nitrogens with zero attached hydrogens (tertiary/aromatic N) is 2. The van der Waals surface area contributed by atoms with Crippen molar-refractivity contribution >= 4 is 21.6 Å². The van der Waals surface area contributed by atoms with Gasteiger partial charge in [-0.25, -0.2) is 12.8 Å². The molecule has 1 unspecified atom stereocenters. The van der Waals surface area contributed by atoms with Gasteiger partial charge >= 0.3 is 0 Å². The summed E-state index contributed by atoms with van der Waals surface area (Å²) in [6.07, 6.45) is 2.37. The quantitative estimate of drug-likeness (QED) is 0.528. The smallest absolute Gasteiger partial charge is 0.264 e. The summed E-state index contributed by atoms with van der Waals surface area (Å²) in [5.74, 6) is -0.637. The number of para-hydroxylation sites is 1. The Hall–Kier alpha value is -3.19. The van der Waals surface area contributed by atoms with Crippen LogP contribution in [0.25, 0.3) is 0 Å². The minimum Gasteiger partial charge on any atom is -0.331 e. The molecule has 3 aromatic rings. The lowest BCUT2D eigenvalue weighted by Crippen LogP contribution is -2.36. The predicted octanol–water partition coefficient (Wildman–Crippen LogP) is 4.77. The molecule has 0 bridgehead atoms. The van der Waals surface area contributed by atoms with Crippen molar-refractivity contribution in [3.05, 3.63) is 95.3 Å². The molecule has 33 heavy (non-hydrogen) atoms. The van der Waals surface area contributed by atoms with Crippen molar-refractivity contribution in [2.24, 2.45) is 0 Å². The molecular weight excluding hydrogens is 439 g/mol. The van der Waals surface area contributed by atoms with Crippen LogP contribution in [0, 0.1) is 5.82 Å². The summed E-state index contributed by atoms with van der Waals surface area (Å²) in [6.45, 7) is 2.04. The van der Waals surface area contributed by atoms with Gasteiger partial charge in [0.1, 0.15) is 5.82 Å². The molecule has 0 radical (unpaired) electrons. The third-order valence-corrected chi connectivity index (χ3v) is 8.25. The van der Waals surface area contributed by atoms with E-state index in [0.29, 0.717) is 23.2 Å². The van der Waals surface area contributed by atoms with Gasteiger partial charge in [0.15, 0.2) is 0 Å². The number of carbonyl (C=O) groups is 1. The first kappa shape index (κ1) is 21.6. The Balaban J connectivity index is 1.46. The molecule has 0 saturated heterocycles. The number of carbonyl (C=O) groups excluding carboxylic acids is 1. The highest BCUT2D eigenvalue weighted by atomic mass is 32.2. The first-order chi connectivity index (χ1) is 15.9. The number of anilines is 1. The summed E-state index contributed by atoms with van der Waals surface area (Å²) >= 11 is 0. The molecule has 2 aliphatic rings. The van der Waals surface area contributed by atoms with Crippen molar-refractivity contribution in [3.63, 3.8) is 0 Å². The monoisotopic (exact) mass is 464 g/mol. The fourth-order valence-corrected chi connectivity index (χ4v) is 6.27. The van der Waals surface area contributed by atoms with Crippen molar-refractivity contribution in [1.29, 1.82) is 0 Å². The van der Waals surface area contributed by atoms with Gasteiger partial charge < -0.3 is 4.90 Å². The molecule has 1 saturated carbocycles. The van der Waals surface area contributed by atoms with Gasteiger partial charge in [-0.15, -0.1) is 0 Å². The molecule has 0 spiro atoms. The summed E-state index contributed by atoms with van der Waals surface area (Å²) in [5.41, 5.74) is 2.41. The third kappa shape index (κ3) is 4.02. The van der Waals surface area contributed by atoms with Gasteiger partial charge in [0.25, 0.3) is 15.9 Å². The first-order valence-electron chi connectivity index (χ1n) is 11.1. The van der Waals surface area contributed by atoms with E-state index in [0.717, 1.165) is 18.4 Å². The number of amides is 1. The largest absolute Gasteiger partial charge is 0.331 e. The van der Waals surface area contributed by atoms with E-state index in [-0.39, 0.29) is 35.2 Å². The minimum atomic E-state index is -3.85. The Morgan fingerprint density at radius 2 is 1.76 bits per heavy atom. The second kappa shape index (κ2) is 8.30. The van der Waals surface area contributed by atoms with E-state index in [4.69, 9.17) is 0 Å². The van der Waals surface area contributed by atoms with Gasteiger partial charge in [0, 0.05) is 29.8 Å². The molecule has 1 amide bonds. The lowest BCUT2D eigenvalue weighted by molar-refractivity contribution is 0.0728. The molecule has 5 rings (SSSR count). The molecular formula is C26H25FN2O3S. The number of sulfonamides is 1. The second-order valence-electron chi connectivity index (χ2n) is 8.77. The van der Waals surface area contributed by atoms with Gasteiger partial charge in [-0.3, -0.25) is 9.10 Å². The number of rotatable bonds is 6. The van der Waals surface area contributed by atoms with Crippen LogP contribution in [0.4, 0.5) is 10.1 Å². The number of halogens is 1. The van der Waals surface area contributed by atoms with E-state index >= 15 is 0 Å². The first-order valence-corrected chi connectivity index (χ1v) is 12.6. The molecule has 0 aromatic heterocycles. The Labute approximate surface area is 193 Å². The van der Waals surface area contributed by atoms with E-state index < -0.39 is 10.0 Å². The standard InChI is InChI=1S/C26H25FN2O3S/c1-18-15-19-7-3-5-12-25(19)29(18)33(31,32)23-10-6-9-20(16-23)26(30)28(22-13-14-22)17-21-8-2-4-11-24(21)27/h2-12,16,18,22H,13-15,17H2,1H3. The number of hydrogen-bond donors (Lipinski definition) is 0. The fraction of sp³-hybridized carbons (Fsp3) is 0.269. The van der Waals surface area contributed by atoms with E-state index in [2.05, 4.69) is 0 Å². The van der Waals surface area contributed by atoms with E-state index in [1.54, 1.807) is 35.2 Å². The van der Waals surface area contributed by atoms with Crippen LogP contribution in [0.1, 0.15) is 41.3 Å². The van der Waals surface area contributed by atoms with Crippen LogP contribution in [-0.2, 0) is 23.0 Å². The zero-order chi connectivity index (χ0) is 23.2. The summed E-state index contributed by atoms with van der Waals surface area (Å²) in [5, 5.41) is 0. The molecule has 1 aliphatic carbocycles. The Morgan fingerprint density at radius 3 is 2.52 bits per heavy atom. The Bertz CT molecular complexity index is 1320. The van der Waals surface area contributed by atoms with Gasteiger partial charge in [-0.1, -0.05) is 42.5 Å². The van der Waals surface area contributed by atoms with Crippen molar-refractivity contribution in [2.45, 2.75) is 49.7 Å². The molecule has 170 valence electrons. The zero-order valence-electron chi connectivity index (χ0n) is 18.3. The lowest BCUT2D eigenvalue weighted by Gasteiger charge is -2.25. The molecule has 7 heteroatoms. The van der Waals surface area contributed by atoms with Crippen LogP contribution in [0.5, 0.6) is 0 Å². The van der Waals surface area contributed by atoms with Crippen molar-refractivity contribution in [3.8, 4) is 0 Å². The van der Waals surface area contributed by atoms with Crippen molar-refractivity contribution in [2.75, 3.05) is 4.31 Å². The van der Waals surface area contributed by atoms with Crippen molar-refractivity contribution < 1.29 is 17.6 Å². The summed E-state index contributed by atoms with van der Waals surface area (Å²) < 4.78 is 42.8. The van der Waals surface area contributed by atoms with Gasteiger partial charge in [0.05, 0.1) is 10.6 Å². The maximum absolute atomic E-state index is 14.2. The summed E-state index contributed by atoms with van der Waals surface area (Å²) in [4.78, 5) is 15.1. The minimum absolute atomic E-state index is 0.0443.